The molecule has 0 aliphatic carbocycles. The lowest BCUT2D eigenvalue weighted by Crippen LogP contribution is -2.29. The van der Waals surface area contributed by atoms with Gasteiger partial charge in [-0.25, -0.2) is 18.1 Å². The van der Waals surface area contributed by atoms with Crippen molar-refractivity contribution in [3.8, 4) is 0 Å². The number of aryl methyl sites for hydroxylation is 1. The Labute approximate surface area is 118 Å². The van der Waals surface area contributed by atoms with E-state index in [0.717, 1.165) is 5.56 Å². The summed E-state index contributed by atoms with van der Waals surface area (Å²) in [4.78, 5) is 4.37. The summed E-state index contributed by atoms with van der Waals surface area (Å²) in [5.74, 6) is 0.479. The summed E-state index contributed by atoms with van der Waals surface area (Å²) in [6.07, 6.45) is 1.62. The standard InChI is InChI=1S/C11H18N4O2S2/c1-3-15-19(16,17)7-6-14-11-9(10(12)18)8(2)4-5-13-11/h4-5,15H,3,6-7H2,1-2H3,(H2,12,18)(H,13,14). The molecule has 0 aliphatic rings. The highest BCUT2D eigenvalue weighted by atomic mass is 32.2. The number of hydrogen-bond acceptors (Lipinski definition) is 5. The average Bonchev–Trinajstić information content (AvgIpc) is 2.28. The summed E-state index contributed by atoms with van der Waals surface area (Å²) in [6, 6.07) is 1.80. The molecule has 0 amide bonds. The third-order valence-electron chi connectivity index (χ3n) is 2.43. The van der Waals surface area contributed by atoms with Crippen molar-refractivity contribution in [1.82, 2.24) is 9.71 Å². The number of pyridine rings is 1. The maximum Gasteiger partial charge on any atom is 0.213 e. The van der Waals surface area contributed by atoms with Gasteiger partial charge in [-0.1, -0.05) is 19.1 Å². The van der Waals surface area contributed by atoms with Gasteiger partial charge in [0, 0.05) is 19.3 Å². The van der Waals surface area contributed by atoms with Crippen LogP contribution in [-0.2, 0) is 10.0 Å². The maximum atomic E-state index is 11.5. The Hall–Kier alpha value is -1.25. The highest BCUT2D eigenvalue weighted by Gasteiger charge is 2.12. The van der Waals surface area contributed by atoms with E-state index in [1.165, 1.54) is 0 Å². The molecule has 6 nitrogen and oxygen atoms in total. The van der Waals surface area contributed by atoms with Gasteiger partial charge < -0.3 is 11.1 Å². The molecule has 19 heavy (non-hydrogen) atoms. The zero-order chi connectivity index (χ0) is 14.5. The molecule has 0 aromatic carbocycles. The third-order valence-corrected chi connectivity index (χ3v) is 4.11. The normalized spacial score (nSPS) is 11.3. The molecule has 0 spiro atoms. The quantitative estimate of drug-likeness (QED) is 0.630. The topological polar surface area (TPSA) is 97.1 Å². The molecule has 0 radical (unpaired) electrons. The summed E-state index contributed by atoms with van der Waals surface area (Å²) in [6.45, 7) is 4.22. The van der Waals surface area contributed by atoms with Crippen LogP contribution in [0.2, 0.25) is 0 Å². The molecular formula is C11H18N4O2S2. The van der Waals surface area contributed by atoms with Crippen LogP contribution in [0, 0.1) is 6.92 Å². The van der Waals surface area contributed by atoms with E-state index >= 15 is 0 Å². The minimum atomic E-state index is -3.25. The van der Waals surface area contributed by atoms with Crippen molar-refractivity contribution < 1.29 is 8.42 Å². The Morgan fingerprint density at radius 1 is 1.53 bits per heavy atom. The minimum absolute atomic E-state index is 0.0345. The highest BCUT2D eigenvalue weighted by Crippen LogP contribution is 2.16. The molecule has 1 rings (SSSR count). The molecule has 0 unspecified atom stereocenters. The lowest BCUT2D eigenvalue weighted by atomic mass is 10.1. The second-order valence-corrected chi connectivity index (χ2v) is 6.33. The van der Waals surface area contributed by atoms with Crippen LogP contribution < -0.4 is 15.8 Å². The Kier molecular flexibility index (Phi) is 5.64. The van der Waals surface area contributed by atoms with Gasteiger partial charge in [0.25, 0.3) is 0 Å². The number of nitrogens with two attached hydrogens (primary N) is 1. The second kappa shape index (κ2) is 6.78. The van der Waals surface area contributed by atoms with Crippen molar-refractivity contribution in [3.63, 3.8) is 0 Å². The van der Waals surface area contributed by atoms with Crippen LogP contribution in [0.3, 0.4) is 0 Å². The third kappa shape index (κ3) is 4.73. The number of anilines is 1. The molecular weight excluding hydrogens is 284 g/mol. The SMILES string of the molecule is CCNS(=O)(=O)CCNc1nccc(C)c1C(N)=S. The molecule has 0 saturated carbocycles. The fourth-order valence-corrected chi connectivity index (χ4v) is 2.81. The zero-order valence-electron chi connectivity index (χ0n) is 10.9. The van der Waals surface area contributed by atoms with E-state index in [2.05, 4.69) is 15.0 Å². The van der Waals surface area contributed by atoms with Crippen molar-refractivity contribution in [2.45, 2.75) is 13.8 Å². The van der Waals surface area contributed by atoms with E-state index in [1.807, 2.05) is 6.92 Å². The molecule has 4 N–H and O–H groups in total. The van der Waals surface area contributed by atoms with E-state index in [-0.39, 0.29) is 17.3 Å². The van der Waals surface area contributed by atoms with E-state index in [0.29, 0.717) is 17.9 Å². The number of nitrogens with zero attached hydrogens (tertiary/aromatic N) is 1. The molecule has 1 aromatic rings. The fourth-order valence-electron chi connectivity index (χ4n) is 1.60. The molecule has 1 aromatic heterocycles. The van der Waals surface area contributed by atoms with Gasteiger partial charge in [-0.2, -0.15) is 0 Å². The first kappa shape index (κ1) is 15.8. The number of nitrogens with one attached hydrogen (secondary N) is 2. The molecule has 0 saturated heterocycles. The van der Waals surface area contributed by atoms with Gasteiger partial charge >= 0.3 is 0 Å². The van der Waals surface area contributed by atoms with Crippen LogP contribution in [-0.4, -0.2) is 37.2 Å². The van der Waals surface area contributed by atoms with Crippen LogP contribution >= 0.6 is 12.2 Å². The van der Waals surface area contributed by atoms with E-state index < -0.39 is 10.0 Å². The molecule has 0 bridgehead atoms. The number of aromatic nitrogens is 1. The molecule has 0 aliphatic heterocycles. The number of thiocarbonyl (C=S) groups is 1. The van der Waals surface area contributed by atoms with Gasteiger partial charge in [-0.3, -0.25) is 0 Å². The van der Waals surface area contributed by atoms with Crippen molar-refractivity contribution in [2.24, 2.45) is 5.73 Å². The van der Waals surface area contributed by atoms with Crippen molar-refractivity contribution in [2.75, 3.05) is 24.2 Å². The van der Waals surface area contributed by atoms with Gasteiger partial charge in [-0.05, 0) is 18.6 Å². The van der Waals surface area contributed by atoms with Crippen LogP contribution in [0.4, 0.5) is 5.82 Å². The number of hydrogen-bond donors (Lipinski definition) is 3. The first-order valence-electron chi connectivity index (χ1n) is 5.84. The Bertz CT molecular complexity index is 558. The second-order valence-electron chi connectivity index (χ2n) is 3.96. The number of rotatable bonds is 7. The predicted octanol–water partition coefficient (Wildman–Crippen LogP) is 0.375. The van der Waals surface area contributed by atoms with Crippen LogP contribution in [0.15, 0.2) is 12.3 Å². The van der Waals surface area contributed by atoms with E-state index in [4.69, 9.17) is 18.0 Å². The van der Waals surface area contributed by atoms with Gasteiger partial charge in [0.1, 0.15) is 10.8 Å². The maximum absolute atomic E-state index is 11.5. The molecule has 106 valence electrons. The van der Waals surface area contributed by atoms with E-state index in [9.17, 15) is 8.42 Å². The first-order chi connectivity index (χ1) is 8.87. The highest BCUT2D eigenvalue weighted by molar-refractivity contribution is 7.89. The summed E-state index contributed by atoms with van der Waals surface area (Å²) in [7, 11) is -3.25. The molecule has 8 heteroatoms. The monoisotopic (exact) mass is 302 g/mol. The lowest BCUT2D eigenvalue weighted by molar-refractivity contribution is 0.584. The smallest absolute Gasteiger partial charge is 0.213 e. The van der Waals surface area contributed by atoms with E-state index in [1.54, 1.807) is 19.2 Å². The Morgan fingerprint density at radius 3 is 2.79 bits per heavy atom. The lowest BCUT2D eigenvalue weighted by Gasteiger charge is -2.12. The molecule has 0 fully saturated rings. The van der Waals surface area contributed by atoms with Crippen LogP contribution in [0.1, 0.15) is 18.1 Å². The number of sulfonamides is 1. The van der Waals surface area contributed by atoms with Crippen LogP contribution in [0.25, 0.3) is 0 Å². The minimum Gasteiger partial charge on any atom is -0.389 e. The van der Waals surface area contributed by atoms with Crippen molar-refractivity contribution in [3.05, 3.63) is 23.4 Å². The van der Waals surface area contributed by atoms with Gasteiger partial charge in [0.2, 0.25) is 10.0 Å². The predicted molar refractivity (Wildman–Crippen MR) is 80.8 cm³/mol. The summed E-state index contributed by atoms with van der Waals surface area (Å²) >= 11 is 4.97. The van der Waals surface area contributed by atoms with Crippen molar-refractivity contribution >= 4 is 33.0 Å². The zero-order valence-corrected chi connectivity index (χ0v) is 12.6. The first-order valence-corrected chi connectivity index (χ1v) is 7.90. The van der Waals surface area contributed by atoms with Crippen LogP contribution in [0.5, 0.6) is 0 Å². The fraction of sp³-hybridized carbons (Fsp3) is 0.455. The summed E-state index contributed by atoms with van der Waals surface area (Å²) < 4.78 is 25.4. The van der Waals surface area contributed by atoms with Gasteiger partial charge in [-0.15, -0.1) is 0 Å². The van der Waals surface area contributed by atoms with Gasteiger partial charge in [0.15, 0.2) is 0 Å². The molecule has 1 heterocycles. The molecule has 0 atom stereocenters. The summed E-state index contributed by atoms with van der Waals surface area (Å²) in [5, 5.41) is 2.95. The largest absolute Gasteiger partial charge is 0.389 e. The van der Waals surface area contributed by atoms with Gasteiger partial charge in [0.05, 0.1) is 11.3 Å². The Morgan fingerprint density at radius 2 is 2.21 bits per heavy atom. The Balaban J connectivity index is 2.74. The summed E-state index contributed by atoms with van der Waals surface area (Å²) in [5.41, 5.74) is 7.20. The van der Waals surface area contributed by atoms with Crippen molar-refractivity contribution in [1.29, 1.82) is 0 Å². The average molecular weight is 302 g/mol.